The molecule has 0 saturated heterocycles. The maximum absolute atomic E-state index is 12.6. The van der Waals surface area contributed by atoms with Gasteiger partial charge in [0.25, 0.3) is 0 Å². The van der Waals surface area contributed by atoms with Crippen LogP contribution < -0.4 is 0 Å². The highest BCUT2D eigenvalue weighted by molar-refractivity contribution is 9.10. The summed E-state index contributed by atoms with van der Waals surface area (Å²) >= 11 is 3.15. The van der Waals surface area contributed by atoms with Crippen LogP contribution in [0.3, 0.4) is 0 Å². The SMILES string of the molecule is C=C(CC)CC(O)c1cc(C(F)(F)F)ccc1Br. The summed E-state index contributed by atoms with van der Waals surface area (Å²) in [6.45, 7) is 5.63. The van der Waals surface area contributed by atoms with Crippen LogP contribution in [0.2, 0.25) is 0 Å². The average Bonchev–Trinajstić information content (AvgIpc) is 2.27. The summed E-state index contributed by atoms with van der Waals surface area (Å²) in [6, 6.07) is 3.25. The fourth-order valence-electron chi connectivity index (χ4n) is 1.50. The van der Waals surface area contributed by atoms with Gasteiger partial charge in [0.1, 0.15) is 0 Å². The summed E-state index contributed by atoms with van der Waals surface area (Å²) < 4.78 is 38.2. The molecule has 0 spiro atoms. The maximum atomic E-state index is 12.6. The van der Waals surface area contributed by atoms with Gasteiger partial charge < -0.3 is 5.11 Å². The Morgan fingerprint density at radius 2 is 2.06 bits per heavy atom. The highest BCUT2D eigenvalue weighted by Gasteiger charge is 2.31. The Morgan fingerprint density at radius 1 is 1.44 bits per heavy atom. The Hall–Kier alpha value is -0.810. The molecule has 100 valence electrons. The first-order valence-electron chi connectivity index (χ1n) is 5.47. The molecule has 0 aliphatic rings. The Kier molecular flexibility index (Phi) is 4.99. The molecule has 0 aromatic heterocycles. The predicted octanol–water partition coefficient (Wildman–Crippen LogP) is 4.86. The predicted molar refractivity (Wildman–Crippen MR) is 68.2 cm³/mol. The number of hydrogen-bond acceptors (Lipinski definition) is 1. The summed E-state index contributed by atoms with van der Waals surface area (Å²) in [5, 5.41) is 9.93. The van der Waals surface area contributed by atoms with Crippen molar-refractivity contribution >= 4 is 15.9 Å². The van der Waals surface area contributed by atoms with E-state index in [0.29, 0.717) is 10.9 Å². The minimum absolute atomic E-state index is 0.236. The smallest absolute Gasteiger partial charge is 0.388 e. The zero-order valence-electron chi connectivity index (χ0n) is 9.89. The average molecular weight is 323 g/mol. The number of alkyl halides is 3. The molecule has 0 bridgehead atoms. The normalized spacial score (nSPS) is 13.4. The van der Waals surface area contributed by atoms with E-state index in [1.807, 2.05) is 6.92 Å². The van der Waals surface area contributed by atoms with Gasteiger partial charge in [-0.05, 0) is 36.6 Å². The lowest BCUT2D eigenvalue weighted by Gasteiger charge is -2.16. The fraction of sp³-hybridized carbons (Fsp3) is 0.385. The molecule has 1 nitrogen and oxygen atoms in total. The maximum Gasteiger partial charge on any atom is 0.416 e. The van der Waals surface area contributed by atoms with E-state index in [0.717, 1.165) is 17.7 Å². The van der Waals surface area contributed by atoms with Crippen molar-refractivity contribution in [1.29, 1.82) is 0 Å². The van der Waals surface area contributed by atoms with Gasteiger partial charge in [-0.25, -0.2) is 0 Å². The van der Waals surface area contributed by atoms with E-state index in [-0.39, 0.29) is 12.0 Å². The van der Waals surface area contributed by atoms with Gasteiger partial charge in [-0.1, -0.05) is 35.0 Å². The van der Waals surface area contributed by atoms with Crippen molar-refractivity contribution in [3.63, 3.8) is 0 Å². The van der Waals surface area contributed by atoms with Crippen LogP contribution in [-0.2, 0) is 6.18 Å². The van der Waals surface area contributed by atoms with Gasteiger partial charge in [0, 0.05) is 4.47 Å². The molecule has 18 heavy (non-hydrogen) atoms. The molecule has 0 aliphatic heterocycles. The second-order valence-electron chi connectivity index (χ2n) is 4.06. The highest BCUT2D eigenvalue weighted by Crippen LogP contribution is 2.35. The van der Waals surface area contributed by atoms with Gasteiger partial charge in [0.15, 0.2) is 0 Å². The van der Waals surface area contributed by atoms with Crippen molar-refractivity contribution in [3.05, 3.63) is 46.0 Å². The van der Waals surface area contributed by atoms with Gasteiger partial charge in [0.05, 0.1) is 11.7 Å². The summed E-state index contributed by atoms with van der Waals surface area (Å²) in [6.07, 6.45) is -4.44. The summed E-state index contributed by atoms with van der Waals surface area (Å²) in [5.41, 5.74) is 0.271. The third-order valence-corrected chi connectivity index (χ3v) is 3.39. The van der Waals surface area contributed by atoms with E-state index < -0.39 is 17.8 Å². The number of benzene rings is 1. The van der Waals surface area contributed by atoms with Crippen LogP contribution in [0.25, 0.3) is 0 Å². The van der Waals surface area contributed by atoms with Crippen molar-refractivity contribution in [2.24, 2.45) is 0 Å². The lowest BCUT2D eigenvalue weighted by molar-refractivity contribution is -0.137. The lowest BCUT2D eigenvalue weighted by Crippen LogP contribution is -2.08. The van der Waals surface area contributed by atoms with Gasteiger partial charge in [-0.2, -0.15) is 13.2 Å². The lowest BCUT2D eigenvalue weighted by atomic mass is 9.99. The zero-order chi connectivity index (χ0) is 13.9. The van der Waals surface area contributed by atoms with Crippen LogP contribution in [0.4, 0.5) is 13.2 Å². The van der Waals surface area contributed by atoms with E-state index in [1.54, 1.807) is 0 Å². The molecule has 0 heterocycles. The Labute approximate surface area is 112 Å². The van der Waals surface area contributed by atoms with Crippen molar-refractivity contribution in [2.45, 2.75) is 32.0 Å². The van der Waals surface area contributed by atoms with Crippen LogP contribution in [-0.4, -0.2) is 5.11 Å². The van der Waals surface area contributed by atoms with Gasteiger partial charge in [-0.15, -0.1) is 0 Å². The Morgan fingerprint density at radius 3 is 2.56 bits per heavy atom. The van der Waals surface area contributed by atoms with Crippen LogP contribution in [0, 0.1) is 0 Å². The largest absolute Gasteiger partial charge is 0.416 e. The van der Waals surface area contributed by atoms with Gasteiger partial charge >= 0.3 is 6.18 Å². The molecule has 1 aromatic rings. The molecule has 0 amide bonds. The zero-order valence-corrected chi connectivity index (χ0v) is 11.5. The van der Waals surface area contributed by atoms with Crippen LogP contribution in [0.1, 0.15) is 37.0 Å². The first-order valence-corrected chi connectivity index (χ1v) is 6.26. The van der Waals surface area contributed by atoms with Crippen LogP contribution in [0.15, 0.2) is 34.8 Å². The Balaban J connectivity index is 3.04. The molecule has 1 N–H and O–H groups in total. The standard InChI is InChI=1S/C13H14BrF3O/c1-3-8(2)6-12(18)10-7-9(13(15,16)17)4-5-11(10)14/h4-5,7,12,18H,2-3,6H2,1H3. The first kappa shape index (κ1) is 15.2. The molecule has 5 heteroatoms. The van der Waals surface area contributed by atoms with E-state index in [2.05, 4.69) is 22.5 Å². The molecule has 0 saturated carbocycles. The highest BCUT2D eigenvalue weighted by atomic mass is 79.9. The van der Waals surface area contributed by atoms with E-state index in [1.165, 1.54) is 6.07 Å². The second kappa shape index (κ2) is 5.89. The quantitative estimate of drug-likeness (QED) is 0.785. The fourth-order valence-corrected chi connectivity index (χ4v) is 2.01. The molecule has 1 aromatic carbocycles. The number of rotatable bonds is 4. The summed E-state index contributed by atoms with van der Waals surface area (Å²) in [5.74, 6) is 0. The van der Waals surface area contributed by atoms with Crippen molar-refractivity contribution < 1.29 is 18.3 Å². The Bertz CT molecular complexity index is 440. The summed E-state index contributed by atoms with van der Waals surface area (Å²) in [4.78, 5) is 0. The molecular weight excluding hydrogens is 309 g/mol. The van der Waals surface area contributed by atoms with Crippen molar-refractivity contribution in [1.82, 2.24) is 0 Å². The van der Waals surface area contributed by atoms with E-state index in [9.17, 15) is 18.3 Å². The van der Waals surface area contributed by atoms with Crippen molar-refractivity contribution in [2.75, 3.05) is 0 Å². The van der Waals surface area contributed by atoms with Crippen molar-refractivity contribution in [3.8, 4) is 0 Å². The van der Waals surface area contributed by atoms with Crippen LogP contribution in [0.5, 0.6) is 0 Å². The molecular formula is C13H14BrF3O. The molecule has 1 atom stereocenters. The molecule has 1 rings (SSSR count). The second-order valence-corrected chi connectivity index (χ2v) is 4.91. The minimum atomic E-state index is -4.41. The number of aliphatic hydroxyl groups excluding tert-OH is 1. The van der Waals surface area contributed by atoms with Gasteiger partial charge in [-0.3, -0.25) is 0 Å². The van der Waals surface area contributed by atoms with Crippen LogP contribution >= 0.6 is 15.9 Å². The number of halogens is 4. The summed E-state index contributed by atoms with van der Waals surface area (Å²) in [7, 11) is 0. The minimum Gasteiger partial charge on any atom is -0.388 e. The number of hydrogen-bond donors (Lipinski definition) is 1. The van der Waals surface area contributed by atoms with E-state index >= 15 is 0 Å². The van der Waals surface area contributed by atoms with E-state index in [4.69, 9.17) is 0 Å². The third-order valence-electron chi connectivity index (χ3n) is 2.66. The monoisotopic (exact) mass is 322 g/mol. The van der Waals surface area contributed by atoms with Gasteiger partial charge in [0.2, 0.25) is 0 Å². The molecule has 0 radical (unpaired) electrons. The molecule has 1 unspecified atom stereocenters. The topological polar surface area (TPSA) is 20.2 Å². The number of aliphatic hydroxyl groups is 1. The first-order chi connectivity index (χ1) is 8.25. The third kappa shape index (κ3) is 3.85. The molecule has 0 aliphatic carbocycles. The molecule has 0 fully saturated rings.